The zero-order valence-electron chi connectivity index (χ0n) is 7.43. The molecule has 0 saturated carbocycles. The highest BCUT2D eigenvalue weighted by atomic mass is 16.5. The molecule has 4 N–H and O–H groups in total. The van der Waals surface area contributed by atoms with Gasteiger partial charge < -0.3 is 10.8 Å². The molecule has 6 heteroatoms. The number of amides is 1. The molecule has 0 radical (unpaired) electrons. The molecule has 1 atom stereocenters. The van der Waals surface area contributed by atoms with Gasteiger partial charge in [0, 0.05) is 6.92 Å². The number of nitrogens with two attached hydrogens (primary N) is 1. The van der Waals surface area contributed by atoms with Crippen molar-refractivity contribution in [1.29, 1.82) is 0 Å². The lowest BCUT2D eigenvalue weighted by Crippen LogP contribution is -2.42. The number of aliphatic carboxylic acids is 1. The van der Waals surface area contributed by atoms with Gasteiger partial charge in [-0.15, -0.1) is 0 Å². The number of hydrogen-bond donors (Lipinski definition) is 3. The Labute approximate surface area is 75.9 Å². The number of carbonyl (C=O) groups is 2. The molecule has 0 rings (SSSR count). The lowest BCUT2D eigenvalue weighted by atomic mass is 10.1. The Balaban J connectivity index is 4.24. The van der Waals surface area contributed by atoms with Crippen LogP contribution >= 0.6 is 0 Å². The first-order chi connectivity index (χ1) is 6.00. The predicted molar refractivity (Wildman–Crippen MR) is 44.0 cm³/mol. The van der Waals surface area contributed by atoms with Gasteiger partial charge in [-0.25, -0.2) is 9.86 Å². The molecule has 0 aromatic rings. The third-order valence-corrected chi connectivity index (χ3v) is 1.58. The van der Waals surface area contributed by atoms with Gasteiger partial charge in [-0.2, -0.15) is 0 Å². The van der Waals surface area contributed by atoms with E-state index in [0.717, 1.165) is 6.92 Å². The van der Waals surface area contributed by atoms with E-state index in [2.05, 4.69) is 0 Å². The summed E-state index contributed by atoms with van der Waals surface area (Å²) in [4.78, 5) is 21.2. The molecule has 76 valence electrons. The van der Waals surface area contributed by atoms with Crippen LogP contribution < -0.4 is 5.73 Å². The van der Waals surface area contributed by atoms with Crippen molar-refractivity contribution < 1.29 is 19.9 Å². The van der Waals surface area contributed by atoms with Crippen molar-refractivity contribution in [2.75, 3.05) is 6.54 Å². The van der Waals surface area contributed by atoms with E-state index in [-0.39, 0.29) is 11.5 Å². The molecule has 0 aromatic heterocycles. The summed E-state index contributed by atoms with van der Waals surface area (Å²) < 4.78 is 0. The van der Waals surface area contributed by atoms with Gasteiger partial charge in [-0.05, 0) is 19.4 Å². The van der Waals surface area contributed by atoms with Crippen molar-refractivity contribution in [3.63, 3.8) is 0 Å². The maximum atomic E-state index is 10.6. The minimum Gasteiger partial charge on any atom is -0.480 e. The van der Waals surface area contributed by atoms with Gasteiger partial charge in [0.1, 0.15) is 0 Å². The first-order valence-corrected chi connectivity index (χ1v) is 3.92. The molecule has 0 aliphatic carbocycles. The van der Waals surface area contributed by atoms with E-state index in [0.29, 0.717) is 13.0 Å². The van der Waals surface area contributed by atoms with Gasteiger partial charge in [0.2, 0.25) is 5.91 Å². The van der Waals surface area contributed by atoms with Crippen molar-refractivity contribution in [3.05, 3.63) is 0 Å². The molecule has 0 saturated heterocycles. The van der Waals surface area contributed by atoms with E-state index < -0.39 is 17.9 Å². The minimum atomic E-state index is -1.23. The lowest BCUT2D eigenvalue weighted by Gasteiger charge is -2.20. The van der Waals surface area contributed by atoms with Gasteiger partial charge in [0.15, 0.2) is 6.04 Å². The normalized spacial score (nSPS) is 12.2. The summed E-state index contributed by atoms with van der Waals surface area (Å²) in [7, 11) is 0. The van der Waals surface area contributed by atoms with Gasteiger partial charge in [-0.3, -0.25) is 10.0 Å². The topological polar surface area (TPSA) is 104 Å². The van der Waals surface area contributed by atoms with Crippen LogP contribution in [0.2, 0.25) is 0 Å². The average molecular weight is 190 g/mol. The standard InChI is InChI=1S/C7H14N2O4/c1-5(10)9(13)6(7(11)12)3-2-4-8/h6,13H,2-4,8H2,1H3,(H,11,12). The SMILES string of the molecule is CC(=O)N(O)C(CCCN)C(=O)O. The molecular weight excluding hydrogens is 176 g/mol. The lowest BCUT2D eigenvalue weighted by molar-refractivity contribution is -0.184. The summed E-state index contributed by atoms with van der Waals surface area (Å²) >= 11 is 0. The van der Waals surface area contributed by atoms with E-state index in [9.17, 15) is 9.59 Å². The Morgan fingerprint density at radius 2 is 2.08 bits per heavy atom. The van der Waals surface area contributed by atoms with Crippen LogP contribution in [0.3, 0.4) is 0 Å². The smallest absolute Gasteiger partial charge is 0.329 e. The Morgan fingerprint density at radius 3 is 2.38 bits per heavy atom. The summed E-state index contributed by atoms with van der Waals surface area (Å²) in [6, 6.07) is -1.19. The molecule has 0 aliphatic heterocycles. The van der Waals surface area contributed by atoms with Crippen LogP contribution in [0.5, 0.6) is 0 Å². The second-order valence-electron chi connectivity index (χ2n) is 2.65. The number of hydrogen-bond acceptors (Lipinski definition) is 4. The van der Waals surface area contributed by atoms with Gasteiger partial charge >= 0.3 is 5.97 Å². The highest BCUT2D eigenvalue weighted by molar-refractivity contribution is 5.81. The average Bonchev–Trinajstić information content (AvgIpc) is 2.04. The van der Waals surface area contributed by atoms with Crippen LogP contribution in [0.4, 0.5) is 0 Å². The Hall–Kier alpha value is -1.14. The van der Waals surface area contributed by atoms with Crippen LogP contribution in [-0.2, 0) is 9.59 Å². The van der Waals surface area contributed by atoms with E-state index >= 15 is 0 Å². The third-order valence-electron chi connectivity index (χ3n) is 1.58. The van der Waals surface area contributed by atoms with Crippen LogP contribution in [0.25, 0.3) is 0 Å². The van der Waals surface area contributed by atoms with Crippen molar-refractivity contribution in [2.45, 2.75) is 25.8 Å². The van der Waals surface area contributed by atoms with Gasteiger partial charge in [0.05, 0.1) is 0 Å². The van der Waals surface area contributed by atoms with Gasteiger partial charge in [-0.1, -0.05) is 0 Å². The molecule has 6 nitrogen and oxygen atoms in total. The number of carboxylic acids is 1. The molecule has 0 fully saturated rings. The van der Waals surface area contributed by atoms with Crippen molar-refractivity contribution >= 4 is 11.9 Å². The fourth-order valence-electron chi connectivity index (χ4n) is 0.881. The van der Waals surface area contributed by atoms with Gasteiger partial charge in [0.25, 0.3) is 0 Å². The first-order valence-electron chi connectivity index (χ1n) is 3.92. The van der Waals surface area contributed by atoms with Crippen LogP contribution in [0.15, 0.2) is 0 Å². The Bertz CT molecular complexity index is 195. The monoisotopic (exact) mass is 190 g/mol. The van der Waals surface area contributed by atoms with Crippen LogP contribution in [-0.4, -0.2) is 39.8 Å². The number of carboxylic acid groups (broad SMARTS) is 1. The van der Waals surface area contributed by atoms with E-state index in [4.69, 9.17) is 16.0 Å². The van der Waals surface area contributed by atoms with E-state index in [1.54, 1.807) is 0 Å². The fourth-order valence-corrected chi connectivity index (χ4v) is 0.881. The maximum absolute atomic E-state index is 10.6. The highest BCUT2D eigenvalue weighted by Gasteiger charge is 2.25. The second kappa shape index (κ2) is 5.50. The molecule has 0 bridgehead atoms. The number of rotatable bonds is 5. The maximum Gasteiger partial charge on any atom is 0.329 e. The summed E-state index contributed by atoms with van der Waals surface area (Å²) in [6.45, 7) is 1.42. The number of hydroxylamine groups is 2. The molecule has 1 unspecified atom stereocenters. The molecule has 1 amide bonds. The molecule has 13 heavy (non-hydrogen) atoms. The Kier molecular flexibility index (Phi) is 5.01. The molecule has 0 heterocycles. The minimum absolute atomic E-state index is 0.155. The molecule has 0 aromatic carbocycles. The predicted octanol–water partition coefficient (Wildman–Crippen LogP) is -0.584. The van der Waals surface area contributed by atoms with E-state index in [1.807, 2.05) is 0 Å². The summed E-state index contributed by atoms with van der Waals surface area (Å²) in [5, 5.41) is 17.9. The third kappa shape index (κ3) is 3.86. The van der Waals surface area contributed by atoms with Crippen molar-refractivity contribution in [3.8, 4) is 0 Å². The van der Waals surface area contributed by atoms with Crippen molar-refractivity contribution in [1.82, 2.24) is 5.06 Å². The molecule has 0 aliphatic rings. The van der Waals surface area contributed by atoms with Crippen LogP contribution in [0.1, 0.15) is 19.8 Å². The largest absolute Gasteiger partial charge is 0.480 e. The first kappa shape index (κ1) is 11.9. The highest BCUT2D eigenvalue weighted by Crippen LogP contribution is 2.04. The zero-order chi connectivity index (χ0) is 10.4. The number of carbonyl (C=O) groups excluding carboxylic acids is 1. The summed E-state index contributed by atoms with van der Waals surface area (Å²) in [6.07, 6.45) is 0.600. The quantitative estimate of drug-likeness (QED) is 0.397. The number of nitrogens with zero attached hydrogens (tertiary/aromatic N) is 1. The Morgan fingerprint density at radius 1 is 1.54 bits per heavy atom. The van der Waals surface area contributed by atoms with Crippen molar-refractivity contribution in [2.24, 2.45) is 5.73 Å². The fraction of sp³-hybridized carbons (Fsp3) is 0.714. The molecule has 0 spiro atoms. The zero-order valence-corrected chi connectivity index (χ0v) is 7.43. The van der Waals surface area contributed by atoms with E-state index in [1.165, 1.54) is 0 Å². The molecular formula is C7H14N2O4. The summed E-state index contributed by atoms with van der Waals surface area (Å²) in [5.41, 5.74) is 5.18. The van der Waals surface area contributed by atoms with Crippen LogP contribution in [0, 0.1) is 0 Å². The second-order valence-corrected chi connectivity index (χ2v) is 2.65. The summed E-state index contributed by atoms with van der Waals surface area (Å²) in [5.74, 6) is -1.92.